The molecule has 1 heterocycles. The van der Waals surface area contributed by atoms with Crippen LogP contribution in [0.4, 0.5) is 0 Å². The fourth-order valence-electron chi connectivity index (χ4n) is 3.13. The summed E-state index contributed by atoms with van der Waals surface area (Å²) in [6, 6.07) is 19.0. The first-order valence-electron chi connectivity index (χ1n) is 8.86. The molecule has 0 bridgehead atoms. The van der Waals surface area contributed by atoms with Crippen LogP contribution in [0.2, 0.25) is 0 Å². The van der Waals surface area contributed by atoms with Crippen LogP contribution in [0.25, 0.3) is 0 Å². The van der Waals surface area contributed by atoms with E-state index in [1.54, 1.807) is 0 Å². The second-order valence-corrected chi connectivity index (χ2v) is 6.52. The predicted octanol–water partition coefficient (Wildman–Crippen LogP) is 2.40. The van der Waals surface area contributed by atoms with Crippen LogP contribution in [0.1, 0.15) is 11.1 Å². The van der Waals surface area contributed by atoms with Gasteiger partial charge in [-0.3, -0.25) is 10.1 Å². The van der Waals surface area contributed by atoms with Gasteiger partial charge in [0.15, 0.2) is 6.29 Å². The van der Waals surface area contributed by atoms with Crippen molar-refractivity contribution in [3.8, 4) is 0 Å². The average molecular weight is 373 g/mol. The molecule has 0 saturated carbocycles. The molecule has 7 heteroatoms. The largest absolute Gasteiger partial charge is 0.370 e. The van der Waals surface area contributed by atoms with Crippen molar-refractivity contribution in [2.45, 2.75) is 31.7 Å². The maximum absolute atomic E-state index is 11.0. The van der Waals surface area contributed by atoms with Gasteiger partial charge in [-0.05, 0) is 11.1 Å². The third-order valence-electron chi connectivity index (χ3n) is 4.50. The zero-order valence-corrected chi connectivity index (χ0v) is 14.8. The van der Waals surface area contributed by atoms with Crippen LogP contribution < -0.4 is 0 Å². The normalized spacial score (nSPS) is 25.2. The van der Waals surface area contributed by atoms with Gasteiger partial charge in [-0.15, -0.1) is 0 Å². The molecule has 1 saturated heterocycles. The van der Waals surface area contributed by atoms with E-state index in [9.17, 15) is 15.2 Å². The molecule has 1 unspecified atom stereocenters. The van der Waals surface area contributed by atoms with Gasteiger partial charge in [-0.2, -0.15) is 0 Å². The molecule has 0 aromatic heterocycles. The van der Waals surface area contributed by atoms with Crippen LogP contribution in [-0.4, -0.2) is 41.7 Å². The molecular weight excluding hydrogens is 350 g/mol. The Morgan fingerprint density at radius 2 is 1.48 bits per heavy atom. The van der Waals surface area contributed by atoms with Gasteiger partial charge in [0.25, 0.3) is 0 Å². The first-order valence-corrected chi connectivity index (χ1v) is 8.86. The molecule has 27 heavy (non-hydrogen) atoms. The van der Waals surface area contributed by atoms with Gasteiger partial charge >= 0.3 is 0 Å². The first-order chi connectivity index (χ1) is 13.1. The highest BCUT2D eigenvalue weighted by Crippen LogP contribution is 2.27. The van der Waals surface area contributed by atoms with E-state index < -0.39 is 29.3 Å². The van der Waals surface area contributed by atoms with Gasteiger partial charge < -0.3 is 19.3 Å². The van der Waals surface area contributed by atoms with E-state index in [2.05, 4.69) is 0 Å². The lowest BCUT2D eigenvalue weighted by Crippen LogP contribution is -2.54. The molecule has 1 aliphatic heterocycles. The minimum Gasteiger partial charge on any atom is -0.370 e. The van der Waals surface area contributed by atoms with E-state index in [1.165, 1.54) is 0 Å². The van der Waals surface area contributed by atoms with Crippen LogP contribution in [0.3, 0.4) is 0 Å². The molecule has 4 atom stereocenters. The van der Waals surface area contributed by atoms with Crippen molar-refractivity contribution in [3.05, 3.63) is 81.9 Å². The number of hydrogen-bond donors (Lipinski definition) is 1. The van der Waals surface area contributed by atoms with Gasteiger partial charge in [0.05, 0.1) is 25.7 Å². The number of aliphatic hydroxyl groups excluding tert-OH is 1. The summed E-state index contributed by atoms with van der Waals surface area (Å²) in [5.74, 6) is -0.507. The Morgan fingerprint density at radius 1 is 0.963 bits per heavy atom. The van der Waals surface area contributed by atoms with E-state index in [-0.39, 0.29) is 26.4 Å². The summed E-state index contributed by atoms with van der Waals surface area (Å²) in [5.41, 5.74) is 1.88. The molecule has 2 aromatic carbocycles. The Bertz CT molecular complexity index is 711. The van der Waals surface area contributed by atoms with Crippen molar-refractivity contribution in [2.24, 2.45) is 5.92 Å². The minimum absolute atomic E-state index is 0.0484. The number of ether oxygens (including phenoxy) is 3. The zero-order valence-electron chi connectivity index (χ0n) is 14.8. The Hall–Kier alpha value is -2.32. The summed E-state index contributed by atoms with van der Waals surface area (Å²) in [5, 5.41) is 21.3. The number of hydrogen-bond acceptors (Lipinski definition) is 6. The summed E-state index contributed by atoms with van der Waals surface area (Å²) in [6.45, 7) is 0.268. The smallest absolute Gasteiger partial charge is 0.211 e. The summed E-state index contributed by atoms with van der Waals surface area (Å²) in [7, 11) is 0. The quantitative estimate of drug-likeness (QED) is 0.564. The number of aliphatic hydroxyl groups is 1. The lowest BCUT2D eigenvalue weighted by atomic mass is 9.95. The summed E-state index contributed by atoms with van der Waals surface area (Å²) in [4.78, 5) is 10.7. The summed E-state index contributed by atoms with van der Waals surface area (Å²) < 4.78 is 17.2. The molecule has 2 aromatic rings. The minimum atomic E-state index is -1.20. The first kappa shape index (κ1) is 19.4. The molecule has 0 radical (unpaired) electrons. The van der Waals surface area contributed by atoms with Crippen molar-refractivity contribution in [1.29, 1.82) is 0 Å². The second kappa shape index (κ2) is 9.57. The summed E-state index contributed by atoms with van der Waals surface area (Å²) in [6.07, 6.45) is -2.66. The fourth-order valence-corrected chi connectivity index (χ4v) is 3.13. The SMILES string of the molecule is O=[N+]([O-])C[C@@H]1COC(O)[C@@H](OCc2ccccc2)[C@@H]1OCc1ccccc1. The molecule has 1 N–H and O–H groups in total. The van der Waals surface area contributed by atoms with E-state index in [0.717, 1.165) is 11.1 Å². The molecule has 3 rings (SSSR count). The standard InChI is InChI=1S/C20H23NO6/c22-20-19(26-13-16-9-5-2-6-10-16)18(17(14-27-20)11-21(23)24)25-12-15-7-3-1-4-8-15/h1-10,17-20,22H,11-14H2/t17-,18-,19+,20?/m1/s1. The number of nitrogens with zero attached hydrogens (tertiary/aromatic N) is 1. The highest BCUT2D eigenvalue weighted by Gasteiger charge is 2.43. The number of nitro groups is 1. The third kappa shape index (κ3) is 5.58. The highest BCUT2D eigenvalue weighted by molar-refractivity contribution is 5.14. The predicted molar refractivity (Wildman–Crippen MR) is 97.3 cm³/mol. The topological polar surface area (TPSA) is 91.1 Å². The van der Waals surface area contributed by atoms with Crippen molar-refractivity contribution < 1.29 is 24.2 Å². The fraction of sp³-hybridized carbons (Fsp3) is 0.400. The third-order valence-corrected chi connectivity index (χ3v) is 4.50. The Labute approximate surface area is 157 Å². The van der Waals surface area contributed by atoms with Crippen LogP contribution in [0.15, 0.2) is 60.7 Å². The highest BCUT2D eigenvalue weighted by atomic mass is 16.7. The van der Waals surface area contributed by atoms with E-state index >= 15 is 0 Å². The molecule has 7 nitrogen and oxygen atoms in total. The Morgan fingerprint density at radius 3 is 2.00 bits per heavy atom. The molecule has 144 valence electrons. The van der Waals surface area contributed by atoms with Crippen molar-refractivity contribution in [2.75, 3.05) is 13.2 Å². The van der Waals surface area contributed by atoms with Crippen molar-refractivity contribution in [1.82, 2.24) is 0 Å². The van der Waals surface area contributed by atoms with Crippen molar-refractivity contribution >= 4 is 0 Å². The molecule has 0 aliphatic carbocycles. The Kier molecular flexibility index (Phi) is 6.89. The van der Waals surface area contributed by atoms with Crippen LogP contribution in [0.5, 0.6) is 0 Å². The maximum Gasteiger partial charge on any atom is 0.211 e. The van der Waals surface area contributed by atoms with E-state index in [1.807, 2.05) is 60.7 Å². The molecule has 0 amide bonds. The Balaban J connectivity index is 1.71. The van der Waals surface area contributed by atoms with Crippen LogP contribution in [0, 0.1) is 16.0 Å². The second-order valence-electron chi connectivity index (χ2n) is 6.52. The molecule has 0 spiro atoms. The van der Waals surface area contributed by atoms with E-state index in [4.69, 9.17) is 14.2 Å². The van der Waals surface area contributed by atoms with Crippen molar-refractivity contribution in [3.63, 3.8) is 0 Å². The lowest BCUT2D eigenvalue weighted by Gasteiger charge is -2.38. The van der Waals surface area contributed by atoms with Gasteiger partial charge in [0, 0.05) is 4.92 Å². The van der Waals surface area contributed by atoms with Gasteiger partial charge in [0.1, 0.15) is 12.2 Å². The van der Waals surface area contributed by atoms with Gasteiger partial charge in [0.2, 0.25) is 6.54 Å². The number of benzene rings is 2. The molecule has 1 aliphatic rings. The van der Waals surface area contributed by atoms with Crippen LogP contribution in [-0.2, 0) is 27.4 Å². The lowest BCUT2D eigenvalue weighted by molar-refractivity contribution is -0.496. The molecule has 1 fully saturated rings. The van der Waals surface area contributed by atoms with Gasteiger partial charge in [-0.1, -0.05) is 60.7 Å². The van der Waals surface area contributed by atoms with Gasteiger partial charge in [-0.25, -0.2) is 0 Å². The average Bonchev–Trinajstić information content (AvgIpc) is 2.68. The van der Waals surface area contributed by atoms with E-state index in [0.29, 0.717) is 0 Å². The molecular formula is C20H23NO6. The van der Waals surface area contributed by atoms with Crippen LogP contribution >= 0.6 is 0 Å². The monoisotopic (exact) mass is 373 g/mol. The number of rotatable bonds is 8. The maximum atomic E-state index is 11.0. The zero-order chi connectivity index (χ0) is 19.1. The summed E-state index contributed by atoms with van der Waals surface area (Å²) >= 11 is 0.